The molecule has 2 aliphatic heterocycles. The van der Waals surface area contributed by atoms with Gasteiger partial charge < -0.3 is 19.8 Å². The van der Waals surface area contributed by atoms with Crippen LogP contribution in [0.5, 0.6) is 5.75 Å². The molecule has 0 saturated carbocycles. The molecule has 1 saturated heterocycles. The van der Waals surface area contributed by atoms with Crippen LogP contribution in [0.15, 0.2) is 33.1 Å². The Kier molecular flexibility index (Phi) is 4.84. The quantitative estimate of drug-likeness (QED) is 0.693. The fraction of sp³-hybridized carbons (Fsp3) is 0.421. The molecule has 1 fully saturated rings. The van der Waals surface area contributed by atoms with Crippen LogP contribution in [-0.2, 0) is 9.59 Å². The first-order chi connectivity index (χ1) is 13.3. The molecule has 4 atom stereocenters. The summed E-state index contributed by atoms with van der Waals surface area (Å²) in [6.07, 6.45) is -0.810. The number of carbonyl (C=O) groups excluding carboxylic acids is 1. The van der Waals surface area contributed by atoms with Crippen molar-refractivity contribution in [1.82, 2.24) is 9.88 Å². The van der Waals surface area contributed by atoms with E-state index in [1.54, 1.807) is 6.92 Å². The third kappa shape index (κ3) is 2.89. The van der Waals surface area contributed by atoms with Crippen molar-refractivity contribution in [3.8, 4) is 5.75 Å². The summed E-state index contributed by atoms with van der Waals surface area (Å²) < 4.78 is 7.19. The van der Waals surface area contributed by atoms with E-state index in [2.05, 4.69) is 4.98 Å². The molecule has 1 aromatic heterocycles. The van der Waals surface area contributed by atoms with Crippen molar-refractivity contribution in [2.24, 2.45) is 11.8 Å². The summed E-state index contributed by atoms with van der Waals surface area (Å²) in [6.45, 7) is 5.97. The molecule has 9 heteroatoms. The lowest BCUT2D eigenvalue weighted by molar-refractivity contribution is -0.163. The Labute approximate surface area is 170 Å². The highest BCUT2D eigenvalue weighted by molar-refractivity contribution is 8.04. The average Bonchev–Trinajstić information content (AvgIpc) is 3.12. The van der Waals surface area contributed by atoms with Crippen molar-refractivity contribution >= 4 is 45.2 Å². The van der Waals surface area contributed by atoms with Crippen molar-refractivity contribution in [1.29, 1.82) is 0 Å². The summed E-state index contributed by atoms with van der Waals surface area (Å²) in [5.41, 5.74) is 0.832. The number of aliphatic carboxylic acids is 1. The van der Waals surface area contributed by atoms with E-state index in [1.165, 1.54) is 28.0 Å². The molecule has 0 aliphatic carbocycles. The second-order valence-electron chi connectivity index (χ2n) is 6.92. The number of aliphatic hydroxyl groups is 1. The molecule has 4 rings (SSSR count). The van der Waals surface area contributed by atoms with Gasteiger partial charge in [0, 0.05) is 10.8 Å². The number of ether oxygens (including phenoxy) is 1. The SMILES string of the molecule is CCOc1ccc2nc(SC3=C(C(=O)O)N4C(=O)[C@H]([C@@H](C)O)[C@H]4[C@H]3C)sc2c1. The molecular weight excluding hydrogens is 400 g/mol. The number of hydrogen-bond acceptors (Lipinski definition) is 7. The Hall–Kier alpha value is -2.10. The number of fused-ring (bicyclic) bond motifs is 2. The summed E-state index contributed by atoms with van der Waals surface area (Å²) in [7, 11) is 0. The van der Waals surface area contributed by atoms with E-state index in [-0.39, 0.29) is 23.6 Å². The van der Waals surface area contributed by atoms with Gasteiger partial charge in [-0.05, 0) is 32.0 Å². The summed E-state index contributed by atoms with van der Waals surface area (Å²) in [5, 5.41) is 19.6. The molecule has 1 aromatic carbocycles. The number of amides is 1. The maximum atomic E-state index is 12.4. The minimum Gasteiger partial charge on any atom is -0.494 e. The first kappa shape index (κ1) is 19.2. The Balaban J connectivity index is 1.67. The number of carboxylic acids is 1. The number of thioether (sulfide) groups is 1. The highest BCUT2D eigenvalue weighted by Crippen LogP contribution is 2.52. The molecule has 28 heavy (non-hydrogen) atoms. The lowest BCUT2D eigenvalue weighted by atomic mass is 9.79. The van der Waals surface area contributed by atoms with Gasteiger partial charge in [-0.2, -0.15) is 0 Å². The van der Waals surface area contributed by atoms with E-state index in [9.17, 15) is 19.8 Å². The lowest BCUT2D eigenvalue weighted by Gasteiger charge is -2.46. The van der Waals surface area contributed by atoms with E-state index in [1.807, 2.05) is 32.0 Å². The van der Waals surface area contributed by atoms with Crippen LogP contribution in [0.3, 0.4) is 0 Å². The number of β-lactam (4-membered cyclic amide) rings is 1. The molecule has 7 nitrogen and oxygen atoms in total. The lowest BCUT2D eigenvalue weighted by Crippen LogP contribution is -2.63. The topological polar surface area (TPSA) is 100.0 Å². The molecule has 2 aliphatic rings. The highest BCUT2D eigenvalue weighted by Gasteiger charge is 2.60. The molecule has 2 N–H and O–H groups in total. The number of benzene rings is 1. The number of nitrogens with zero attached hydrogens (tertiary/aromatic N) is 2. The number of carbonyl (C=O) groups is 2. The number of hydrogen-bond donors (Lipinski definition) is 2. The van der Waals surface area contributed by atoms with Gasteiger partial charge in [0.05, 0.1) is 34.9 Å². The van der Waals surface area contributed by atoms with Crippen LogP contribution in [-0.4, -0.2) is 50.7 Å². The van der Waals surface area contributed by atoms with Gasteiger partial charge in [0.15, 0.2) is 4.34 Å². The van der Waals surface area contributed by atoms with Gasteiger partial charge in [0.2, 0.25) is 5.91 Å². The van der Waals surface area contributed by atoms with Gasteiger partial charge in [-0.25, -0.2) is 9.78 Å². The van der Waals surface area contributed by atoms with E-state index >= 15 is 0 Å². The normalized spacial score (nSPS) is 25.1. The molecule has 148 valence electrons. The Bertz CT molecular complexity index is 999. The van der Waals surface area contributed by atoms with Crippen LogP contribution in [0.1, 0.15) is 20.8 Å². The van der Waals surface area contributed by atoms with Gasteiger partial charge in [-0.15, -0.1) is 11.3 Å². The predicted molar refractivity (Wildman–Crippen MR) is 106 cm³/mol. The van der Waals surface area contributed by atoms with E-state index < -0.39 is 18.0 Å². The first-order valence-electron chi connectivity index (χ1n) is 9.03. The fourth-order valence-corrected chi connectivity index (χ4v) is 6.31. The number of carboxylic acid groups (broad SMARTS) is 1. The minimum atomic E-state index is -1.13. The zero-order chi connectivity index (χ0) is 20.2. The fourth-order valence-electron chi connectivity index (χ4n) is 3.93. The summed E-state index contributed by atoms with van der Waals surface area (Å²) in [6, 6.07) is 5.34. The monoisotopic (exact) mass is 420 g/mol. The predicted octanol–water partition coefficient (Wildman–Crippen LogP) is 2.94. The third-order valence-corrected chi connectivity index (χ3v) is 7.52. The smallest absolute Gasteiger partial charge is 0.353 e. The Morgan fingerprint density at radius 1 is 1.46 bits per heavy atom. The largest absolute Gasteiger partial charge is 0.494 e. The number of rotatable bonds is 6. The van der Waals surface area contributed by atoms with Crippen molar-refractivity contribution in [3.05, 3.63) is 28.8 Å². The van der Waals surface area contributed by atoms with Crippen LogP contribution >= 0.6 is 23.1 Å². The van der Waals surface area contributed by atoms with Crippen LogP contribution < -0.4 is 4.74 Å². The third-order valence-electron chi connectivity index (χ3n) is 5.16. The van der Waals surface area contributed by atoms with E-state index in [0.717, 1.165) is 16.0 Å². The molecular formula is C19H20N2O5S2. The van der Waals surface area contributed by atoms with Gasteiger partial charge in [-0.1, -0.05) is 18.7 Å². The van der Waals surface area contributed by atoms with Crippen LogP contribution in [0, 0.1) is 11.8 Å². The summed E-state index contributed by atoms with van der Waals surface area (Å²) in [5.74, 6) is -1.44. The molecule has 3 heterocycles. The molecule has 0 spiro atoms. The van der Waals surface area contributed by atoms with Crippen LogP contribution in [0.25, 0.3) is 10.2 Å². The van der Waals surface area contributed by atoms with Gasteiger partial charge in [-0.3, -0.25) is 4.79 Å². The van der Waals surface area contributed by atoms with Crippen molar-refractivity contribution in [2.45, 2.75) is 37.3 Å². The van der Waals surface area contributed by atoms with Gasteiger partial charge in [0.1, 0.15) is 11.4 Å². The molecule has 1 amide bonds. The summed E-state index contributed by atoms with van der Waals surface area (Å²) >= 11 is 2.76. The van der Waals surface area contributed by atoms with Crippen molar-refractivity contribution in [3.63, 3.8) is 0 Å². The zero-order valence-electron chi connectivity index (χ0n) is 15.6. The Morgan fingerprint density at radius 2 is 2.21 bits per heavy atom. The minimum absolute atomic E-state index is 0.0126. The maximum absolute atomic E-state index is 12.4. The van der Waals surface area contributed by atoms with Crippen LogP contribution in [0.2, 0.25) is 0 Å². The number of aromatic nitrogens is 1. The second-order valence-corrected chi connectivity index (χ2v) is 9.24. The van der Waals surface area contributed by atoms with Crippen molar-refractivity contribution < 1.29 is 24.5 Å². The van der Waals surface area contributed by atoms with E-state index in [4.69, 9.17) is 4.74 Å². The maximum Gasteiger partial charge on any atom is 0.353 e. The van der Waals surface area contributed by atoms with Gasteiger partial charge in [0.25, 0.3) is 0 Å². The molecule has 0 radical (unpaired) electrons. The zero-order valence-corrected chi connectivity index (χ0v) is 17.2. The number of aliphatic hydroxyl groups excluding tert-OH is 1. The van der Waals surface area contributed by atoms with Crippen LogP contribution in [0.4, 0.5) is 0 Å². The molecule has 2 aromatic rings. The standard InChI is InChI=1S/C19H20N2O5S2/c1-4-26-10-5-6-11-12(7-10)27-19(20-11)28-16-8(2)14-13(9(3)22)17(23)21(14)15(16)18(24)25/h5-9,13-14,22H,4H2,1-3H3,(H,24,25)/t8-,9-,13-,14-/m1/s1. The average molecular weight is 421 g/mol. The molecule has 0 bridgehead atoms. The molecule has 0 unspecified atom stereocenters. The van der Waals surface area contributed by atoms with Crippen molar-refractivity contribution in [2.75, 3.05) is 6.61 Å². The highest BCUT2D eigenvalue weighted by atomic mass is 32.2. The van der Waals surface area contributed by atoms with Gasteiger partial charge >= 0.3 is 5.97 Å². The number of thiazole rings is 1. The summed E-state index contributed by atoms with van der Waals surface area (Å²) in [4.78, 5) is 30.8. The van der Waals surface area contributed by atoms with E-state index in [0.29, 0.717) is 15.9 Å². The Morgan fingerprint density at radius 3 is 2.86 bits per heavy atom. The second kappa shape index (κ2) is 7.06. The first-order valence-corrected chi connectivity index (χ1v) is 10.7.